The summed E-state index contributed by atoms with van der Waals surface area (Å²) in [5.41, 5.74) is 2.01. The molecule has 32 heavy (non-hydrogen) atoms. The number of oxime groups is 1. The number of hydrogen-bond donors (Lipinski definition) is 2. The van der Waals surface area contributed by atoms with Gasteiger partial charge in [0.2, 0.25) is 0 Å². The van der Waals surface area contributed by atoms with Crippen LogP contribution in [0.3, 0.4) is 0 Å². The van der Waals surface area contributed by atoms with E-state index in [0.29, 0.717) is 53.9 Å². The minimum absolute atomic E-state index is 0.288. The van der Waals surface area contributed by atoms with E-state index in [-0.39, 0.29) is 6.54 Å². The fourth-order valence-corrected chi connectivity index (χ4v) is 3.45. The minimum Gasteiger partial charge on any atom is -0.442 e. The summed E-state index contributed by atoms with van der Waals surface area (Å²) in [6, 6.07) is 9.79. The number of hydrogen-bond acceptors (Lipinski definition) is 9. The summed E-state index contributed by atoms with van der Waals surface area (Å²) in [7, 11) is 0. The van der Waals surface area contributed by atoms with E-state index in [9.17, 15) is 9.18 Å². The second-order valence-electron chi connectivity index (χ2n) is 7.18. The average molecular weight is 438 g/mol. The number of pyridine rings is 1. The van der Waals surface area contributed by atoms with Crippen LogP contribution in [-0.2, 0) is 9.57 Å². The number of anilines is 2. The third-order valence-electron chi connectivity index (χ3n) is 5.05. The van der Waals surface area contributed by atoms with E-state index < -0.39 is 18.0 Å². The minimum atomic E-state index is -0.530. The molecule has 0 aliphatic carbocycles. The molecule has 2 N–H and O–H groups in total. The Labute approximate surface area is 182 Å². The highest BCUT2D eigenvalue weighted by Crippen LogP contribution is 2.29. The van der Waals surface area contributed by atoms with Crippen LogP contribution >= 0.6 is 0 Å². The highest BCUT2D eigenvalue weighted by atomic mass is 19.1. The number of halogens is 1. The molecule has 4 heterocycles. The largest absolute Gasteiger partial charge is 0.442 e. The lowest BCUT2D eigenvalue weighted by molar-refractivity contribution is 0.136. The second-order valence-corrected chi connectivity index (χ2v) is 7.18. The molecule has 2 aliphatic rings. The molecule has 1 fully saturated rings. The summed E-state index contributed by atoms with van der Waals surface area (Å²) in [5, 5.41) is 13.8. The van der Waals surface area contributed by atoms with Crippen LogP contribution in [0.5, 0.6) is 0 Å². The van der Waals surface area contributed by atoms with Gasteiger partial charge in [0.15, 0.2) is 11.7 Å². The zero-order valence-corrected chi connectivity index (χ0v) is 16.8. The first kappa shape index (κ1) is 19.8. The smallest absolute Gasteiger partial charge is 0.414 e. The molecule has 164 valence electrons. The molecule has 11 heteroatoms. The summed E-state index contributed by atoms with van der Waals surface area (Å²) < 4.78 is 25.0. The Balaban J connectivity index is 1.28. The first-order valence-corrected chi connectivity index (χ1v) is 10.00. The number of carbonyl (C=O) groups excluding carboxylic acids is 1. The van der Waals surface area contributed by atoms with Crippen LogP contribution in [0.15, 0.2) is 58.5 Å². The highest BCUT2D eigenvalue weighted by Gasteiger charge is 2.32. The van der Waals surface area contributed by atoms with Crippen LogP contribution in [-0.4, -0.2) is 54.4 Å². The maximum absolute atomic E-state index is 14.9. The van der Waals surface area contributed by atoms with Crippen LogP contribution in [0, 0.1) is 5.82 Å². The van der Waals surface area contributed by atoms with Gasteiger partial charge in [0.25, 0.3) is 0 Å². The Morgan fingerprint density at radius 2 is 2.19 bits per heavy atom. The average Bonchev–Trinajstić information content (AvgIpc) is 3.48. The standard InChI is InChI=1S/C21H19FN6O4/c22-17-9-14(28-12-15(32-21(28)29)11-25-19-5-7-30-26-19)2-3-16(17)13-1-4-18(24-10-13)20-23-6-8-31-27-20/h1-5,7,9-10,15H,6,8,11-12H2,(H,23,27)(H,25,26)/t15-/m0/s1. The van der Waals surface area contributed by atoms with E-state index in [1.165, 1.54) is 17.2 Å². The maximum Gasteiger partial charge on any atom is 0.414 e. The first-order valence-electron chi connectivity index (χ1n) is 10.00. The topological polar surface area (TPSA) is 114 Å². The summed E-state index contributed by atoms with van der Waals surface area (Å²) in [6.07, 6.45) is 2.08. The molecule has 3 aromatic rings. The number of benzene rings is 1. The van der Waals surface area contributed by atoms with Crippen molar-refractivity contribution in [1.29, 1.82) is 0 Å². The highest BCUT2D eigenvalue weighted by molar-refractivity contribution is 5.97. The molecular formula is C21H19FN6O4. The number of carbonyl (C=O) groups is 1. The lowest BCUT2D eigenvalue weighted by Gasteiger charge is -2.15. The number of rotatable bonds is 6. The van der Waals surface area contributed by atoms with Gasteiger partial charge >= 0.3 is 6.09 Å². The van der Waals surface area contributed by atoms with Gasteiger partial charge < -0.3 is 24.7 Å². The molecule has 1 amide bonds. The van der Waals surface area contributed by atoms with E-state index in [1.54, 1.807) is 36.5 Å². The van der Waals surface area contributed by atoms with Crippen LogP contribution in [0.2, 0.25) is 0 Å². The number of cyclic esters (lactones) is 1. The van der Waals surface area contributed by atoms with Crippen molar-refractivity contribution in [2.45, 2.75) is 6.10 Å². The van der Waals surface area contributed by atoms with Gasteiger partial charge in [-0.1, -0.05) is 16.4 Å². The van der Waals surface area contributed by atoms with E-state index in [1.807, 2.05) is 0 Å². The van der Waals surface area contributed by atoms with Gasteiger partial charge in [0, 0.05) is 23.4 Å². The van der Waals surface area contributed by atoms with E-state index in [2.05, 4.69) is 25.9 Å². The zero-order valence-electron chi connectivity index (χ0n) is 16.8. The number of ether oxygens (including phenoxy) is 1. The fraction of sp³-hybridized carbons (Fsp3) is 0.238. The number of amides is 1. The van der Waals surface area contributed by atoms with Crippen LogP contribution in [0.4, 0.5) is 20.7 Å². The Hall–Kier alpha value is -4.15. The van der Waals surface area contributed by atoms with Gasteiger partial charge in [0.05, 0.1) is 25.3 Å². The van der Waals surface area contributed by atoms with Gasteiger partial charge in [-0.25, -0.2) is 9.18 Å². The normalized spacial score (nSPS) is 17.9. The van der Waals surface area contributed by atoms with Crippen LogP contribution in [0.25, 0.3) is 11.1 Å². The molecule has 0 unspecified atom stereocenters. The van der Waals surface area contributed by atoms with E-state index >= 15 is 0 Å². The molecule has 5 rings (SSSR count). The van der Waals surface area contributed by atoms with Crippen molar-refractivity contribution in [2.24, 2.45) is 5.16 Å². The van der Waals surface area contributed by atoms with Crippen molar-refractivity contribution in [3.8, 4) is 11.1 Å². The zero-order chi connectivity index (χ0) is 21.9. The Kier molecular flexibility index (Phi) is 5.28. The Bertz CT molecular complexity index is 1140. The molecule has 0 radical (unpaired) electrons. The monoisotopic (exact) mass is 438 g/mol. The SMILES string of the molecule is O=C1O[C@@H](CNc2ccon2)CN1c1ccc(-c2ccc(C3=NOCCN3)nc2)c(F)c1. The first-order chi connectivity index (χ1) is 15.7. The van der Waals surface area contributed by atoms with Crippen molar-refractivity contribution in [3.63, 3.8) is 0 Å². The van der Waals surface area contributed by atoms with Gasteiger partial charge in [-0.05, 0) is 24.3 Å². The number of nitrogens with zero attached hydrogens (tertiary/aromatic N) is 4. The quantitative estimate of drug-likeness (QED) is 0.604. The summed E-state index contributed by atoms with van der Waals surface area (Å²) in [6.45, 7) is 1.80. The lowest BCUT2D eigenvalue weighted by atomic mass is 10.1. The molecule has 2 aliphatic heterocycles. The van der Waals surface area contributed by atoms with E-state index in [4.69, 9.17) is 14.1 Å². The molecule has 10 nitrogen and oxygen atoms in total. The summed E-state index contributed by atoms with van der Waals surface area (Å²) >= 11 is 0. The molecule has 0 saturated carbocycles. The number of aromatic nitrogens is 2. The molecule has 0 bridgehead atoms. The Morgan fingerprint density at radius 3 is 2.91 bits per heavy atom. The molecular weight excluding hydrogens is 419 g/mol. The van der Waals surface area contributed by atoms with Crippen LogP contribution < -0.4 is 15.5 Å². The number of amidine groups is 1. The summed E-state index contributed by atoms with van der Waals surface area (Å²) in [5.74, 6) is 0.623. The lowest BCUT2D eigenvalue weighted by Crippen LogP contribution is -2.32. The van der Waals surface area contributed by atoms with Crippen molar-refractivity contribution in [2.75, 3.05) is 36.5 Å². The Morgan fingerprint density at radius 1 is 1.25 bits per heavy atom. The predicted octanol–water partition coefficient (Wildman–Crippen LogP) is 2.59. The second kappa shape index (κ2) is 8.53. The summed E-state index contributed by atoms with van der Waals surface area (Å²) in [4.78, 5) is 23.1. The van der Waals surface area contributed by atoms with E-state index in [0.717, 1.165) is 0 Å². The number of nitrogens with one attached hydrogen (secondary N) is 2. The molecule has 1 saturated heterocycles. The third kappa shape index (κ3) is 4.04. The van der Waals surface area contributed by atoms with Gasteiger partial charge in [-0.15, -0.1) is 0 Å². The van der Waals surface area contributed by atoms with Crippen LogP contribution in [0.1, 0.15) is 5.69 Å². The molecule has 0 spiro atoms. The van der Waals surface area contributed by atoms with Crippen molar-refractivity contribution in [1.82, 2.24) is 15.5 Å². The van der Waals surface area contributed by atoms with Crippen molar-refractivity contribution in [3.05, 3.63) is 60.4 Å². The fourth-order valence-electron chi connectivity index (χ4n) is 3.45. The van der Waals surface area contributed by atoms with Gasteiger partial charge in [0.1, 0.15) is 30.5 Å². The third-order valence-corrected chi connectivity index (χ3v) is 5.05. The maximum atomic E-state index is 14.9. The van der Waals surface area contributed by atoms with Crippen molar-refractivity contribution >= 4 is 23.4 Å². The van der Waals surface area contributed by atoms with Gasteiger partial charge in [-0.2, -0.15) is 0 Å². The van der Waals surface area contributed by atoms with Gasteiger partial charge in [-0.3, -0.25) is 9.88 Å². The molecule has 1 atom stereocenters. The van der Waals surface area contributed by atoms with Crippen molar-refractivity contribution < 1.29 is 23.3 Å². The molecule has 2 aromatic heterocycles. The predicted molar refractivity (Wildman–Crippen MR) is 113 cm³/mol. The molecule has 1 aromatic carbocycles.